The molecule has 9 nitrogen and oxygen atoms in total. The number of nitrogens with one attached hydrogen (secondary N) is 4. The molecule has 0 spiro atoms. The van der Waals surface area contributed by atoms with Crippen molar-refractivity contribution in [2.24, 2.45) is 0 Å². The summed E-state index contributed by atoms with van der Waals surface area (Å²) in [6, 6.07) is 13.6. The first-order chi connectivity index (χ1) is 17.6. The Morgan fingerprint density at radius 2 is 2.03 bits per heavy atom. The fourth-order valence-electron chi connectivity index (χ4n) is 4.73. The van der Waals surface area contributed by atoms with Gasteiger partial charge in [-0.25, -0.2) is 9.97 Å². The van der Waals surface area contributed by atoms with Crippen molar-refractivity contribution in [1.82, 2.24) is 29.5 Å². The van der Waals surface area contributed by atoms with E-state index in [1.807, 2.05) is 54.2 Å². The zero-order valence-electron chi connectivity index (χ0n) is 19.6. The Balaban J connectivity index is 1.36. The molecule has 180 valence electrons. The van der Waals surface area contributed by atoms with E-state index in [0.717, 1.165) is 38.8 Å². The number of aliphatic hydroxyl groups is 1. The molecule has 0 radical (unpaired) electrons. The topological polar surface area (TPSA) is 127 Å². The Kier molecular flexibility index (Phi) is 5.38. The number of rotatable bonds is 7. The highest BCUT2D eigenvalue weighted by atomic mass is 16.3. The van der Waals surface area contributed by atoms with Gasteiger partial charge in [0, 0.05) is 41.4 Å². The van der Waals surface area contributed by atoms with Crippen molar-refractivity contribution in [3.05, 3.63) is 95.1 Å². The van der Waals surface area contributed by atoms with Crippen LogP contribution in [0.5, 0.6) is 0 Å². The van der Waals surface area contributed by atoms with Crippen LogP contribution < -0.4 is 10.9 Å². The number of aliphatic hydroxyl groups excluding tert-OH is 1. The summed E-state index contributed by atoms with van der Waals surface area (Å²) in [5.41, 5.74) is 6.42. The third-order valence-electron chi connectivity index (χ3n) is 6.48. The highest BCUT2D eigenvalue weighted by Crippen LogP contribution is 2.28. The summed E-state index contributed by atoms with van der Waals surface area (Å²) in [6.07, 6.45) is 9.50. The molecule has 4 aromatic heterocycles. The van der Waals surface area contributed by atoms with Crippen LogP contribution in [0.15, 0.2) is 78.4 Å². The van der Waals surface area contributed by atoms with Crippen LogP contribution in [0.3, 0.4) is 0 Å². The van der Waals surface area contributed by atoms with Crippen molar-refractivity contribution >= 4 is 27.6 Å². The molecule has 0 fully saturated rings. The van der Waals surface area contributed by atoms with Gasteiger partial charge in [-0.2, -0.15) is 0 Å². The molecule has 0 aliphatic rings. The molecule has 1 atom stereocenters. The third kappa shape index (κ3) is 3.85. The molecule has 6 aromatic rings. The summed E-state index contributed by atoms with van der Waals surface area (Å²) in [5, 5.41) is 14.7. The molecule has 2 aromatic carbocycles. The second-order valence-corrected chi connectivity index (χ2v) is 8.90. The quantitative estimate of drug-likeness (QED) is 0.237. The second-order valence-electron chi connectivity index (χ2n) is 8.90. The highest BCUT2D eigenvalue weighted by Gasteiger charge is 2.19. The van der Waals surface area contributed by atoms with E-state index >= 15 is 0 Å². The van der Waals surface area contributed by atoms with Crippen LogP contribution in [-0.4, -0.2) is 47.2 Å². The SMILES string of the molecule is Cc1cc(-n2ccnc2)cc2[nH]c(-c3c(NC(CO)Cc4c[nH]c5ccccc45)cc[nH]c3=O)nc12. The molecule has 1 unspecified atom stereocenters. The van der Waals surface area contributed by atoms with E-state index in [9.17, 15) is 9.90 Å². The van der Waals surface area contributed by atoms with Crippen molar-refractivity contribution in [3.8, 4) is 17.1 Å². The predicted octanol–water partition coefficient (Wildman–Crippen LogP) is 3.91. The number of fused-ring (bicyclic) bond motifs is 2. The summed E-state index contributed by atoms with van der Waals surface area (Å²) < 4.78 is 1.92. The monoisotopic (exact) mass is 479 g/mol. The fraction of sp³-hybridized carbons (Fsp3) is 0.148. The van der Waals surface area contributed by atoms with Crippen LogP contribution in [0.4, 0.5) is 5.69 Å². The molecule has 5 N–H and O–H groups in total. The smallest absolute Gasteiger partial charge is 0.261 e. The first-order valence-electron chi connectivity index (χ1n) is 11.7. The minimum absolute atomic E-state index is 0.0980. The van der Waals surface area contributed by atoms with Gasteiger partial charge in [-0.15, -0.1) is 0 Å². The molecule has 0 aliphatic carbocycles. The maximum absolute atomic E-state index is 13.0. The molecule has 4 heterocycles. The Morgan fingerprint density at radius 3 is 2.86 bits per heavy atom. The first-order valence-corrected chi connectivity index (χ1v) is 11.7. The average molecular weight is 480 g/mol. The van der Waals surface area contributed by atoms with E-state index in [0.29, 0.717) is 23.5 Å². The maximum Gasteiger partial charge on any atom is 0.261 e. The van der Waals surface area contributed by atoms with Crippen LogP contribution in [-0.2, 0) is 6.42 Å². The average Bonchev–Trinajstić information content (AvgIpc) is 3.64. The molecule has 36 heavy (non-hydrogen) atoms. The van der Waals surface area contributed by atoms with Gasteiger partial charge in [0.05, 0.1) is 35.7 Å². The van der Waals surface area contributed by atoms with Gasteiger partial charge in [0.1, 0.15) is 11.4 Å². The van der Waals surface area contributed by atoms with Gasteiger partial charge in [0.15, 0.2) is 0 Å². The van der Waals surface area contributed by atoms with E-state index in [1.165, 1.54) is 0 Å². The number of imidazole rings is 2. The molecule has 0 amide bonds. The van der Waals surface area contributed by atoms with Crippen LogP contribution in [0, 0.1) is 6.92 Å². The molecule has 0 saturated carbocycles. The molecule has 0 bridgehead atoms. The van der Waals surface area contributed by atoms with Crippen molar-refractivity contribution < 1.29 is 5.11 Å². The number of hydrogen-bond acceptors (Lipinski definition) is 5. The highest BCUT2D eigenvalue weighted by molar-refractivity contribution is 5.86. The third-order valence-corrected chi connectivity index (χ3v) is 6.48. The summed E-state index contributed by atoms with van der Waals surface area (Å²) in [7, 11) is 0. The number of nitrogens with zero attached hydrogens (tertiary/aromatic N) is 3. The van der Waals surface area contributed by atoms with Gasteiger partial charge >= 0.3 is 0 Å². The number of aromatic nitrogens is 6. The minimum atomic E-state index is -0.302. The van der Waals surface area contributed by atoms with Crippen LogP contribution in [0.25, 0.3) is 39.0 Å². The van der Waals surface area contributed by atoms with Gasteiger partial charge in [-0.1, -0.05) is 18.2 Å². The van der Waals surface area contributed by atoms with Crippen molar-refractivity contribution in [2.45, 2.75) is 19.4 Å². The maximum atomic E-state index is 13.0. The van der Waals surface area contributed by atoms with Crippen LogP contribution in [0.1, 0.15) is 11.1 Å². The van der Waals surface area contributed by atoms with Gasteiger partial charge in [-0.3, -0.25) is 4.79 Å². The molecular formula is C27H25N7O2. The molecule has 9 heteroatoms. The van der Waals surface area contributed by atoms with E-state index in [2.05, 4.69) is 31.3 Å². The van der Waals surface area contributed by atoms with Crippen LogP contribution >= 0.6 is 0 Å². The number of para-hydroxylation sites is 1. The van der Waals surface area contributed by atoms with E-state index in [4.69, 9.17) is 4.98 Å². The Hall–Kier alpha value is -4.63. The molecule has 0 aliphatic heterocycles. The number of pyridine rings is 1. The van der Waals surface area contributed by atoms with Gasteiger partial charge in [0.25, 0.3) is 5.56 Å². The number of aromatic amines is 3. The van der Waals surface area contributed by atoms with E-state index in [1.54, 1.807) is 24.8 Å². The fourth-order valence-corrected chi connectivity index (χ4v) is 4.73. The lowest BCUT2D eigenvalue weighted by Crippen LogP contribution is -2.28. The first kappa shape index (κ1) is 21.9. The van der Waals surface area contributed by atoms with E-state index < -0.39 is 0 Å². The number of anilines is 1. The van der Waals surface area contributed by atoms with Crippen molar-refractivity contribution in [3.63, 3.8) is 0 Å². The van der Waals surface area contributed by atoms with Crippen molar-refractivity contribution in [2.75, 3.05) is 11.9 Å². The number of benzene rings is 2. The van der Waals surface area contributed by atoms with Gasteiger partial charge in [-0.05, 0) is 48.7 Å². The Bertz CT molecular complexity index is 1730. The van der Waals surface area contributed by atoms with Crippen molar-refractivity contribution in [1.29, 1.82) is 0 Å². The summed E-state index contributed by atoms with van der Waals surface area (Å²) in [4.78, 5) is 31.2. The van der Waals surface area contributed by atoms with E-state index in [-0.39, 0.29) is 18.2 Å². The summed E-state index contributed by atoms with van der Waals surface area (Å²) in [6.45, 7) is 1.89. The standard InChI is InChI=1S/C27H25N7O2/c1-16-10-19(34-9-8-28-15-34)12-23-25(16)33-26(32-23)24-22(6-7-29-27(24)36)31-18(14-35)11-17-13-30-21-5-3-2-4-20(17)21/h2-10,12-13,15,18,30,35H,11,14H2,1H3,(H,32,33)(H2,29,31,36). The molecule has 0 saturated heterocycles. The number of hydrogen-bond donors (Lipinski definition) is 5. The van der Waals surface area contributed by atoms with Crippen LogP contribution in [0.2, 0.25) is 0 Å². The molecular weight excluding hydrogens is 454 g/mol. The predicted molar refractivity (Wildman–Crippen MR) is 141 cm³/mol. The lowest BCUT2D eigenvalue weighted by molar-refractivity contribution is 0.274. The number of H-pyrrole nitrogens is 3. The Morgan fingerprint density at radius 1 is 1.14 bits per heavy atom. The summed E-state index contributed by atoms with van der Waals surface area (Å²) >= 11 is 0. The summed E-state index contributed by atoms with van der Waals surface area (Å²) in [5.74, 6) is 0.462. The number of aryl methyl sites for hydroxylation is 1. The molecule has 6 rings (SSSR count). The second kappa shape index (κ2) is 8.86. The zero-order chi connectivity index (χ0) is 24.6. The minimum Gasteiger partial charge on any atom is -0.394 e. The zero-order valence-corrected chi connectivity index (χ0v) is 19.6. The van der Waals surface area contributed by atoms with Gasteiger partial charge < -0.3 is 29.9 Å². The lowest BCUT2D eigenvalue weighted by atomic mass is 10.0. The Labute approximate surface area is 205 Å². The van der Waals surface area contributed by atoms with Gasteiger partial charge in [0.2, 0.25) is 0 Å². The normalized spacial score (nSPS) is 12.4. The largest absolute Gasteiger partial charge is 0.394 e. The lowest BCUT2D eigenvalue weighted by Gasteiger charge is -2.19.